The number of amides is 1. The van der Waals surface area contributed by atoms with Crippen LogP contribution in [0.2, 0.25) is 5.02 Å². The molecule has 1 amide bonds. The number of carbonyl (C=O) groups excluding carboxylic acids is 1. The van der Waals surface area contributed by atoms with Crippen molar-refractivity contribution in [1.29, 1.82) is 0 Å². The van der Waals surface area contributed by atoms with Gasteiger partial charge in [-0.1, -0.05) is 43.6 Å². The summed E-state index contributed by atoms with van der Waals surface area (Å²) >= 11 is 9.71. The molecule has 2 rings (SSSR count). The Morgan fingerprint density at radius 3 is 2.36 bits per heavy atom. The summed E-state index contributed by atoms with van der Waals surface area (Å²) in [5.41, 5.74) is 4.99. The number of halogens is 2. The highest BCUT2D eigenvalue weighted by molar-refractivity contribution is 9.10. The molecule has 0 aliphatic heterocycles. The van der Waals surface area contributed by atoms with Crippen molar-refractivity contribution in [2.24, 2.45) is 0 Å². The molecule has 5 heteroatoms. The highest BCUT2D eigenvalue weighted by atomic mass is 79.9. The molecule has 134 valence electrons. The molecule has 0 saturated carbocycles. The Morgan fingerprint density at radius 1 is 1.20 bits per heavy atom. The summed E-state index contributed by atoms with van der Waals surface area (Å²) in [6, 6.07) is 7.95. The van der Waals surface area contributed by atoms with Crippen LogP contribution in [0.25, 0.3) is 0 Å². The van der Waals surface area contributed by atoms with Crippen molar-refractivity contribution in [3.05, 3.63) is 56.0 Å². The zero-order chi connectivity index (χ0) is 18.6. The van der Waals surface area contributed by atoms with Crippen molar-refractivity contribution >= 4 is 39.1 Å². The van der Waals surface area contributed by atoms with E-state index in [4.69, 9.17) is 16.3 Å². The second-order valence-corrected chi connectivity index (χ2v) is 7.11. The number of aryl methyl sites for hydroxylation is 3. The molecule has 0 bridgehead atoms. The SMILES string of the molecule is CCc1cccc(CC)c1NC(=O)COc1cc(C)c(Cl)c(C)c1Br. The predicted octanol–water partition coefficient (Wildman–Crippen LogP) is 5.86. The molecule has 0 aliphatic rings. The Balaban J connectivity index is 2.13. The Morgan fingerprint density at radius 2 is 1.80 bits per heavy atom. The summed E-state index contributed by atoms with van der Waals surface area (Å²) in [5, 5.41) is 3.71. The van der Waals surface area contributed by atoms with Gasteiger partial charge >= 0.3 is 0 Å². The molecule has 0 spiro atoms. The first kappa shape index (κ1) is 19.8. The van der Waals surface area contributed by atoms with Crippen molar-refractivity contribution in [2.45, 2.75) is 40.5 Å². The van der Waals surface area contributed by atoms with Gasteiger partial charge in [-0.3, -0.25) is 4.79 Å². The van der Waals surface area contributed by atoms with Gasteiger partial charge in [0.05, 0.1) is 4.47 Å². The quantitative estimate of drug-likeness (QED) is 0.630. The molecular formula is C20H23BrClNO2. The Hall–Kier alpha value is -1.52. The van der Waals surface area contributed by atoms with Crippen LogP contribution in [0.4, 0.5) is 5.69 Å². The van der Waals surface area contributed by atoms with E-state index in [0.717, 1.165) is 45.3 Å². The largest absolute Gasteiger partial charge is 0.483 e. The fourth-order valence-corrected chi connectivity index (χ4v) is 3.42. The maximum Gasteiger partial charge on any atom is 0.262 e. The zero-order valence-corrected chi connectivity index (χ0v) is 17.3. The summed E-state index contributed by atoms with van der Waals surface area (Å²) in [4.78, 5) is 12.4. The van der Waals surface area contributed by atoms with Crippen LogP contribution in [-0.2, 0) is 17.6 Å². The van der Waals surface area contributed by atoms with Gasteiger partial charge in [-0.2, -0.15) is 0 Å². The lowest BCUT2D eigenvalue weighted by molar-refractivity contribution is -0.118. The Kier molecular flexibility index (Phi) is 6.91. The Labute approximate surface area is 162 Å². The lowest BCUT2D eigenvalue weighted by Gasteiger charge is -2.16. The van der Waals surface area contributed by atoms with Gasteiger partial charge in [0, 0.05) is 10.7 Å². The first-order valence-electron chi connectivity index (χ1n) is 8.37. The van der Waals surface area contributed by atoms with Gasteiger partial charge in [-0.25, -0.2) is 0 Å². The molecule has 0 radical (unpaired) electrons. The van der Waals surface area contributed by atoms with Crippen LogP contribution < -0.4 is 10.1 Å². The van der Waals surface area contributed by atoms with E-state index in [-0.39, 0.29) is 12.5 Å². The number of para-hydroxylation sites is 1. The third kappa shape index (κ3) is 4.56. The number of hydrogen-bond donors (Lipinski definition) is 1. The number of anilines is 1. The van der Waals surface area contributed by atoms with Crippen LogP contribution in [0.15, 0.2) is 28.7 Å². The lowest BCUT2D eigenvalue weighted by atomic mass is 10.0. The highest BCUT2D eigenvalue weighted by Crippen LogP contribution is 2.35. The summed E-state index contributed by atoms with van der Waals surface area (Å²) in [7, 11) is 0. The summed E-state index contributed by atoms with van der Waals surface area (Å²) in [5.74, 6) is 0.446. The van der Waals surface area contributed by atoms with Gasteiger partial charge in [-0.05, 0) is 70.9 Å². The molecule has 2 aromatic carbocycles. The average Bonchev–Trinajstić information content (AvgIpc) is 2.62. The summed E-state index contributed by atoms with van der Waals surface area (Å²) in [6.45, 7) is 7.94. The minimum absolute atomic E-state index is 0.0552. The standard InChI is InChI=1S/C20H23BrClNO2/c1-5-14-8-7-9-15(6-2)20(14)23-17(24)11-25-16-10-12(3)19(22)13(4)18(16)21/h7-10H,5-6,11H2,1-4H3,(H,23,24). The molecule has 0 atom stereocenters. The second-order valence-electron chi connectivity index (χ2n) is 5.94. The van der Waals surface area contributed by atoms with Crippen molar-refractivity contribution < 1.29 is 9.53 Å². The normalized spacial score (nSPS) is 10.6. The monoisotopic (exact) mass is 423 g/mol. The molecular weight excluding hydrogens is 402 g/mol. The first-order chi connectivity index (χ1) is 11.9. The minimum Gasteiger partial charge on any atom is -0.483 e. The van der Waals surface area contributed by atoms with Gasteiger partial charge in [0.2, 0.25) is 0 Å². The van der Waals surface area contributed by atoms with E-state index in [1.807, 2.05) is 38.1 Å². The first-order valence-corrected chi connectivity index (χ1v) is 9.54. The van der Waals surface area contributed by atoms with Crippen LogP contribution in [0.3, 0.4) is 0 Å². The van der Waals surface area contributed by atoms with E-state index in [0.29, 0.717) is 10.8 Å². The Bertz CT molecular complexity index is 768. The third-order valence-corrected chi connectivity index (χ3v) is 5.76. The van der Waals surface area contributed by atoms with Crippen LogP contribution in [0.1, 0.15) is 36.1 Å². The minimum atomic E-state index is -0.173. The van der Waals surface area contributed by atoms with E-state index in [9.17, 15) is 4.79 Å². The number of nitrogens with one attached hydrogen (secondary N) is 1. The van der Waals surface area contributed by atoms with Gasteiger partial charge in [0.15, 0.2) is 6.61 Å². The smallest absolute Gasteiger partial charge is 0.262 e. The van der Waals surface area contributed by atoms with E-state index in [2.05, 4.69) is 35.1 Å². The van der Waals surface area contributed by atoms with Crippen LogP contribution in [-0.4, -0.2) is 12.5 Å². The summed E-state index contributed by atoms with van der Waals surface area (Å²) < 4.78 is 6.49. The average molecular weight is 425 g/mol. The maximum absolute atomic E-state index is 12.4. The topological polar surface area (TPSA) is 38.3 Å². The molecule has 1 N–H and O–H groups in total. The number of hydrogen-bond acceptors (Lipinski definition) is 2. The highest BCUT2D eigenvalue weighted by Gasteiger charge is 2.14. The molecule has 25 heavy (non-hydrogen) atoms. The number of carbonyl (C=O) groups is 1. The van der Waals surface area contributed by atoms with Crippen molar-refractivity contribution in [3.63, 3.8) is 0 Å². The molecule has 2 aromatic rings. The van der Waals surface area contributed by atoms with Crippen molar-refractivity contribution in [1.82, 2.24) is 0 Å². The maximum atomic E-state index is 12.4. The van der Waals surface area contributed by atoms with Crippen LogP contribution >= 0.6 is 27.5 Å². The molecule has 0 aromatic heterocycles. The van der Waals surface area contributed by atoms with Crippen LogP contribution in [0.5, 0.6) is 5.75 Å². The third-order valence-electron chi connectivity index (χ3n) is 4.19. The van der Waals surface area contributed by atoms with Gasteiger partial charge in [0.1, 0.15) is 5.75 Å². The molecule has 0 unspecified atom stereocenters. The fourth-order valence-electron chi connectivity index (χ4n) is 2.73. The van der Waals surface area contributed by atoms with E-state index < -0.39 is 0 Å². The fraction of sp³-hybridized carbons (Fsp3) is 0.350. The van der Waals surface area contributed by atoms with E-state index in [1.165, 1.54) is 0 Å². The number of benzene rings is 2. The summed E-state index contributed by atoms with van der Waals surface area (Å²) in [6.07, 6.45) is 1.73. The molecule has 0 saturated heterocycles. The van der Waals surface area contributed by atoms with Gasteiger partial charge in [0.25, 0.3) is 5.91 Å². The second kappa shape index (κ2) is 8.72. The van der Waals surface area contributed by atoms with Crippen molar-refractivity contribution in [3.8, 4) is 5.75 Å². The number of rotatable bonds is 6. The van der Waals surface area contributed by atoms with Crippen molar-refractivity contribution in [2.75, 3.05) is 11.9 Å². The molecule has 0 heterocycles. The number of ether oxygens (including phenoxy) is 1. The predicted molar refractivity (Wildman–Crippen MR) is 108 cm³/mol. The zero-order valence-electron chi connectivity index (χ0n) is 15.0. The van der Waals surface area contributed by atoms with Gasteiger partial charge < -0.3 is 10.1 Å². The molecule has 3 nitrogen and oxygen atoms in total. The van der Waals surface area contributed by atoms with E-state index >= 15 is 0 Å². The van der Waals surface area contributed by atoms with Crippen LogP contribution in [0, 0.1) is 13.8 Å². The lowest BCUT2D eigenvalue weighted by Crippen LogP contribution is -2.22. The molecule has 0 aliphatic carbocycles. The molecule has 0 fully saturated rings. The van der Waals surface area contributed by atoms with Gasteiger partial charge in [-0.15, -0.1) is 0 Å². The van der Waals surface area contributed by atoms with E-state index in [1.54, 1.807) is 0 Å².